The van der Waals surface area contributed by atoms with Gasteiger partial charge < -0.3 is 5.32 Å². The molecular weight excluding hydrogens is 293 g/mol. The molecule has 0 aliphatic heterocycles. The van der Waals surface area contributed by atoms with E-state index in [1.165, 1.54) is 36.0 Å². The summed E-state index contributed by atoms with van der Waals surface area (Å²) < 4.78 is 14.5. The van der Waals surface area contributed by atoms with E-state index >= 15 is 0 Å². The summed E-state index contributed by atoms with van der Waals surface area (Å²) in [6.07, 6.45) is 3.41. The Morgan fingerprint density at radius 3 is 2.90 bits per heavy atom. The number of hydrogen-bond acceptors (Lipinski definition) is 5. The Kier molecular flexibility index (Phi) is 3.78. The van der Waals surface area contributed by atoms with Gasteiger partial charge in [-0.1, -0.05) is 11.8 Å². The van der Waals surface area contributed by atoms with Crippen molar-refractivity contribution in [2.45, 2.75) is 5.16 Å². The fourth-order valence-electron chi connectivity index (χ4n) is 1.68. The molecule has 0 spiro atoms. The zero-order valence-corrected chi connectivity index (χ0v) is 11.5. The second-order valence-electron chi connectivity index (χ2n) is 4.12. The first-order valence-corrected chi connectivity index (χ1v) is 7.05. The zero-order chi connectivity index (χ0) is 14.7. The van der Waals surface area contributed by atoms with Crippen LogP contribution in [0.1, 0.15) is 0 Å². The van der Waals surface area contributed by atoms with E-state index in [1.807, 2.05) is 0 Å². The quantitative estimate of drug-likeness (QED) is 0.746. The highest BCUT2D eigenvalue weighted by molar-refractivity contribution is 7.99. The standard InChI is InChI=1S/C13H10FN5OS/c14-9-2-4-10(5-3-9)16-11(20)8-21-13-18-17-12-15-6-1-7-19(12)13/h1-7H,8H2,(H,16,20). The number of nitrogens with zero attached hydrogens (tertiary/aromatic N) is 4. The van der Waals surface area contributed by atoms with Crippen LogP contribution in [0.2, 0.25) is 0 Å². The lowest BCUT2D eigenvalue weighted by Gasteiger charge is -2.04. The molecule has 0 radical (unpaired) electrons. The summed E-state index contributed by atoms with van der Waals surface area (Å²) in [5, 5.41) is 11.1. The molecule has 21 heavy (non-hydrogen) atoms. The lowest BCUT2D eigenvalue weighted by molar-refractivity contribution is -0.113. The van der Waals surface area contributed by atoms with Gasteiger partial charge >= 0.3 is 0 Å². The van der Waals surface area contributed by atoms with E-state index in [0.717, 1.165) is 0 Å². The first-order chi connectivity index (χ1) is 10.2. The van der Waals surface area contributed by atoms with Crippen molar-refractivity contribution < 1.29 is 9.18 Å². The van der Waals surface area contributed by atoms with Gasteiger partial charge in [0.15, 0.2) is 5.16 Å². The normalized spacial score (nSPS) is 10.7. The molecule has 6 nitrogen and oxygen atoms in total. The Hall–Kier alpha value is -2.48. The first kappa shape index (κ1) is 13.5. The van der Waals surface area contributed by atoms with Crippen molar-refractivity contribution in [2.75, 3.05) is 11.1 Å². The Balaban J connectivity index is 1.62. The monoisotopic (exact) mass is 303 g/mol. The molecule has 2 heterocycles. The maximum Gasteiger partial charge on any atom is 0.255 e. The Morgan fingerprint density at radius 1 is 1.29 bits per heavy atom. The lowest BCUT2D eigenvalue weighted by Crippen LogP contribution is -2.14. The predicted octanol–water partition coefficient (Wildman–Crippen LogP) is 1.99. The van der Waals surface area contributed by atoms with Gasteiger partial charge in [0.1, 0.15) is 5.82 Å². The number of halogens is 1. The summed E-state index contributed by atoms with van der Waals surface area (Å²) in [5.41, 5.74) is 0.551. The third-order valence-electron chi connectivity index (χ3n) is 2.62. The molecule has 0 saturated heterocycles. The number of anilines is 1. The minimum atomic E-state index is -0.343. The van der Waals surface area contributed by atoms with Gasteiger partial charge in [-0.05, 0) is 30.3 Å². The van der Waals surface area contributed by atoms with Crippen LogP contribution >= 0.6 is 11.8 Å². The minimum absolute atomic E-state index is 0.174. The summed E-state index contributed by atoms with van der Waals surface area (Å²) in [4.78, 5) is 15.9. The van der Waals surface area contributed by atoms with E-state index in [9.17, 15) is 9.18 Å². The van der Waals surface area contributed by atoms with Crippen molar-refractivity contribution in [3.05, 3.63) is 48.5 Å². The molecule has 0 bridgehead atoms. The highest BCUT2D eigenvalue weighted by Crippen LogP contribution is 2.16. The smallest absolute Gasteiger partial charge is 0.255 e. The molecule has 0 saturated carbocycles. The molecule has 0 aliphatic rings. The van der Waals surface area contributed by atoms with Crippen LogP contribution in [0.15, 0.2) is 47.9 Å². The summed E-state index contributed by atoms with van der Waals surface area (Å²) in [7, 11) is 0. The number of amides is 1. The van der Waals surface area contributed by atoms with Crippen LogP contribution in [-0.2, 0) is 4.79 Å². The van der Waals surface area contributed by atoms with E-state index < -0.39 is 0 Å². The number of benzene rings is 1. The molecule has 0 atom stereocenters. The maximum atomic E-state index is 12.8. The number of rotatable bonds is 4. The summed E-state index contributed by atoms with van der Waals surface area (Å²) in [6, 6.07) is 7.36. The Morgan fingerprint density at radius 2 is 2.10 bits per heavy atom. The largest absolute Gasteiger partial charge is 0.325 e. The molecule has 3 rings (SSSR count). The van der Waals surface area contributed by atoms with Gasteiger partial charge in [0.25, 0.3) is 5.78 Å². The highest BCUT2D eigenvalue weighted by Gasteiger charge is 2.09. The predicted molar refractivity (Wildman–Crippen MR) is 76.5 cm³/mol. The van der Waals surface area contributed by atoms with Crippen molar-refractivity contribution in [3.8, 4) is 0 Å². The number of aromatic nitrogens is 4. The van der Waals surface area contributed by atoms with Crippen LogP contribution in [0.25, 0.3) is 5.78 Å². The summed E-state index contributed by atoms with van der Waals surface area (Å²) in [5.74, 6) is 0.114. The van der Waals surface area contributed by atoms with Gasteiger partial charge in [-0.25, -0.2) is 9.37 Å². The molecule has 8 heteroatoms. The van der Waals surface area contributed by atoms with E-state index in [-0.39, 0.29) is 17.5 Å². The average Bonchev–Trinajstić information content (AvgIpc) is 2.91. The van der Waals surface area contributed by atoms with Gasteiger partial charge in [0, 0.05) is 18.1 Å². The van der Waals surface area contributed by atoms with Crippen LogP contribution in [-0.4, -0.2) is 31.2 Å². The summed E-state index contributed by atoms with van der Waals surface area (Å²) in [6.45, 7) is 0. The van der Waals surface area contributed by atoms with Gasteiger partial charge in [-0.3, -0.25) is 9.20 Å². The van der Waals surface area contributed by atoms with Crippen molar-refractivity contribution in [1.29, 1.82) is 0 Å². The zero-order valence-electron chi connectivity index (χ0n) is 10.7. The summed E-state index contributed by atoms with van der Waals surface area (Å²) >= 11 is 1.25. The third-order valence-corrected chi connectivity index (χ3v) is 3.56. The Bertz CT molecular complexity index is 774. The molecule has 0 aliphatic carbocycles. The molecule has 106 valence electrons. The number of fused-ring (bicyclic) bond motifs is 1. The van der Waals surface area contributed by atoms with Crippen LogP contribution in [0, 0.1) is 5.82 Å². The second kappa shape index (κ2) is 5.88. The van der Waals surface area contributed by atoms with Gasteiger partial charge in [-0.15, -0.1) is 10.2 Å². The van der Waals surface area contributed by atoms with Gasteiger partial charge in [0.05, 0.1) is 5.75 Å². The molecule has 1 amide bonds. The van der Waals surface area contributed by atoms with E-state index in [1.54, 1.807) is 22.9 Å². The second-order valence-corrected chi connectivity index (χ2v) is 5.06. The SMILES string of the molecule is O=C(CSc1nnc2ncccn12)Nc1ccc(F)cc1. The number of carbonyl (C=O) groups excluding carboxylic acids is 1. The van der Waals surface area contributed by atoms with Gasteiger partial charge in [-0.2, -0.15) is 0 Å². The molecule has 3 aromatic rings. The molecule has 1 aromatic carbocycles. The van der Waals surface area contributed by atoms with Crippen molar-refractivity contribution >= 4 is 29.1 Å². The fraction of sp³-hybridized carbons (Fsp3) is 0.0769. The third kappa shape index (κ3) is 3.16. The molecule has 2 aromatic heterocycles. The highest BCUT2D eigenvalue weighted by atomic mass is 32.2. The number of thioether (sulfide) groups is 1. The van der Waals surface area contributed by atoms with Crippen LogP contribution in [0.4, 0.5) is 10.1 Å². The maximum absolute atomic E-state index is 12.8. The van der Waals surface area contributed by atoms with E-state index in [0.29, 0.717) is 16.6 Å². The van der Waals surface area contributed by atoms with E-state index in [4.69, 9.17) is 0 Å². The fourth-order valence-corrected chi connectivity index (χ4v) is 2.39. The Labute approximate surface area is 123 Å². The van der Waals surface area contributed by atoms with E-state index in [2.05, 4.69) is 20.5 Å². The average molecular weight is 303 g/mol. The van der Waals surface area contributed by atoms with Crippen LogP contribution < -0.4 is 5.32 Å². The molecule has 1 N–H and O–H groups in total. The van der Waals surface area contributed by atoms with Crippen molar-refractivity contribution in [2.24, 2.45) is 0 Å². The number of nitrogens with one attached hydrogen (secondary N) is 1. The lowest BCUT2D eigenvalue weighted by atomic mass is 10.3. The number of carbonyl (C=O) groups is 1. The molecule has 0 unspecified atom stereocenters. The van der Waals surface area contributed by atoms with Crippen molar-refractivity contribution in [3.63, 3.8) is 0 Å². The minimum Gasteiger partial charge on any atom is -0.325 e. The molecular formula is C13H10FN5OS. The van der Waals surface area contributed by atoms with Gasteiger partial charge in [0.2, 0.25) is 5.91 Å². The first-order valence-electron chi connectivity index (χ1n) is 6.06. The van der Waals surface area contributed by atoms with Crippen molar-refractivity contribution in [1.82, 2.24) is 19.6 Å². The van der Waals surface area contributed by atoms with Crippen LogP contribution in [0.3, 0.4) is 0 Å². The number of hydrogen-bond donors (Lipinski definition) is 1. The van der Waals surface area contributed by atoms with Crippen LogP contribution in [0.5, 0.6) is 0 Å². The molecule has 0 fully saturated rings. The topological polar surface area (TPSA) is 72.2 Å².